The van der Waals surface area contributed by atoms with Gasteiger partial charge in [-0.2, -0.15) is 0 Å². The van der Waals surface area contributed by atoms with Crippen molar-refractivity contribution in [2.24, 2.45) is 35.5 Å². The molecule has 0 bridgehead atoms. The van der Waals surface area contributed by atoms with E-state index in [9.17, 15) is 9.59 Å². The van der Waals surface area contributed by atoms with Crippen molar-refractivity contribution in [2.45, 2.75) is 162 Å². The van der Waals surface area contributed by atoms with Gasteiger partial charge in [0.15, 0.2) is 11.5 Å². The van der Waals surface area contributed by atoms with Gasteiger partial charge in [0, 0.05) is 72.2 Å². The van der Waals surface area contributed by atoms with Crippen molar-refractivity contribution in [2.75, 3.05) is 18.9 Å². The fourth-order valence-electron chi connectivity index (χ4n) is 9.41. The Morgan fingerprint density at radius 3 is 1.67 bits per heavy atom. The third-order valence-electron chi connectivity index (χ3n) is 12.7. The Hall–Kier alpha value is -2.01. The molecule has 5 N–H and O–H groups in total. The maximum absolute atomic E-state index is 11.8. The van der Waals surface area contributed by atoms with Crippen LogP contribution in [0.4, 0.5) is 5.82 Å². The Morgan fingerprint density at radius 1 is 0.727 bits per heavy atom. The number of aromatic nitrogens is 6. The number of aliphatic hydroxyl groups is 2. The predicted molar refractivity (Wildman–Crippen MR) is 215 cm³/mol. The number of hydrogen-bond donors (Lipinski definition) is 4. The number of fused-ring (bicyclic) bond motifs is 1. The molecule has 0 amide bonds. The maximum atomic E-state index is 11.8. The van der Waals surface area contributed by atoms with Crippen molar-refractivity contribution in [1.82, 2.24) is 29.1 Å². The Morgan fingerprint density at radius 2 is 1.20 bits per heavy atom. The minimum atomic E-state index is -0.316. The summed E-state index contributed by atoms with van der Waals surface area (Å²) in [5, 5.41) is 18.3. The molecule has 11 nitrogen and oxygen atoms in total. The number of H-pyrrole nitrogens is 1. The molecule has 4 fully saturated rings. The number of hydrogen-bond acceptors (Lipinski definition) is 8. The number of imidazole rings is 1. The predicted octanol–water partition coefficient (Wildman–Crippen LogP) is 7.80. The topological polar surface area (TPSA) is 165 Å². The zero-order valence-electron chi connectivity index (χ0n) is 33.9. The zero-order valence-corrected chi connectivity index (χ0v) is 36.1. The monoisotopic (exact) mass is 849 g/mol. The SMILES string of the molecule is C1CCCC1.C1CCCC1.C[C@@H](CCO)C1CCCC1CCn1cnc2c(N)ncnc21.Cc1cn(CCC2CCCC2[C@@H](C)CCO)c(=O)[nH]c1=O.[Fe].[Fe]. The van der Waals surface area contributed by atoms with Gasteiger partial charge in [0.25, 0.3) is 5.56 Å². The molecule has 4 unspecified atom stereocenters. The summed E-state index contributed by atoms with van der Waals surface area (Å²) < 4.78 is 3.70. The fraction of sp³-hybridized carbons (Fsp3) is 0.786. The van der Waals surface area contributed by atoms with E-state index in [1.165, 1.54) is 109 Å². The summed E-state index contributed by atoms with van der Waals surface area (Å²) in [4.78, 5) is 38.1. The van der Waals surface area contributed by atoms with Gasteiger partial charge in [0.05, 0.1) is 6.33 Å². The summed E-state index contributed by atoms with van der Waals surface area (Å²) in [5.74, 6) is 4.33. The van der Waals surface area contributed by atoms with Crippen molar-refractivity contribution in [1.29, 1.82) is 0 Å². The van der Waals surface area contributed by atoms with Crippen LogP contribution in [0.5, 0.6) is 0 Å². The van der Waals surface area contributed by atoms with Crippen LogP contribution < -0.4 is 17.0 Å². The number of aromatic amines is 1. The Kier molecular flexibility index (Phi) is 24.0. The molecule has 4 aliphatic carbocycles. The van der Waals surface area contributed by atoms with Crippen LogP contribution in [0.25, 0.3) is 11.2 Å². The van der Waals surface area contributed by atoms with Gasteiger partial charge in [0.1, 0.15) is 11.8 Å². The Balaban J connectivity index is 0.000000294. The summed E-state index contributed by atoms with van der Waals surface area (Å²) in [5.41, 5.74) is 7.31. The summed E-state index contributed by atoms with van der Waals surface area (Å²) in [7, 11) is 0. The number of anilines is 1. The molecule has 4 saturated carbocycles. The van der Waals surface area contributed by atoms with Crippen molar-refractivity contribution in [3.63, 3.8) is 0 Å². The van der Waals surface area contributed by atoms with Crippen LogP contribution >= 0.6 is 0 Å². The van der Waals surface area contributed by atoms with E-state index in [4.69, 9.17) is 15.9 Å². The number of nitrogen functional groups attached to an aromatic ring is 1. The first-order valence-corrected chi connectivity index (χ1v) is 21.2. The second kappa shape index (κ2) is 26.8. The van der Waals surface area contributed by atoms with Gasteiger partial charge in [0.2, 0.25) is 0 Å². The van der Waals surface area contributed by atoms with Crippen LogP contribution in [-0.2, 0) is 47.2 Å². The molecule has 3 aromatic heterocycles. The second-order valence-corrected chi connectivity index (χ2v) is 16.4. The van der Waals surface area contributed by atoms with Crippen molar-refractivity contribution in [3.05, 3.63) is 45.3 Å². The molecular formula is C42H71Fe2N7O4. The Labute approximate surface area is 350 Å². The smallest absolute Gasteiger partial charge is 0.328 e. The van der Waals surface area contributed by atoms with Crippen LogP contribution in [0.1, 0.15) is 148 Å². The molecule has 0 spiro atoms. The van der Waals surface area contributed by atoms with Crippen LogP contribution in [0.15, 0.2) is 28.4 Å². The number of nitrogens with two attached hydrogens (primary N) is 1. The normalized spacial score (nSPS) is 22.6. The molecule has 314 valence electrons. The van der Waals surface area contributed by atoms with Crippen LogP contribution in [-0.4, -0.2) is 52.5 Å². The van der Waals surface area contributed by atoms with E-state index in [0.717, 1.165) is 49.7 Å². The van der Waals surface area contributed by atoms with Gasteiger partial charge in [-0.25, -0.2) is 19.7 Å². The first-order valence-electron chi connectivity index (χ1n) is 21.2. The molecule has 0 saturated heterocycles. The molecule has 7 rings (SSSR count). The quantitative estimate of drug-likeness (QED) is 0.134. The number of aliphatic hydroxyl groups excluding tert-OH is 2. The van der Waals surface area contributed by atoms with Crippen LogP contribution in [0.2, 0.25) is 0 Å². The average Bonchev–Trinajstić information content (AvgIpc) is 4.01. The molecule has 0 radical (unpaired) electrons. The van der Waals surface area contributed by atoms with Gasteiger partial charge < -0.3 is 25.1 Å². The molecule has 3 heterocycles. The summed E-state index contributed by atoms with van der Waals surface area (Å²) >= 11 is 0. The van der Waals surface area contributed by atoms with E-state index in [1.807, 2.05) is 6.33 Å². The largest absolute Gasteiger partial charge is 0.396 e. The molecule has 13 heteroatoms. The van der Waals surface area contributed by atoms with Gasteiger partial charge in [-0.1, -0.05) is 104 Å². The number of nitrogens with one attached hydrogen (secondary N) is 1. The van der Waals surface area contributed by atoms with E-state index in [0.29, 0.717) is 53.7 Å². The first kappa shape index (κ1) is 49.1. The second-order valence-electron chi connectivity index (χ2n) is 16.4. The van der Waals surface area contributed by atoms with E-state index < -0.39 is 0 Å². The van der Waals surface area contributed by atoms with Crippen molar-refractivity contribution >= 4 is 17.0 Å². The van der Waals surface area contributed by atoms with Crippen molar-refractivity contribution in [3.8, 4) is 0 Å². The number of rotatable bonds is 12. The van der Waals surface area contributed by atoms with E-state index in [1.54, 1.807) is 17.7 Å². The standard InChI is InChI=1S/C16H25N5O.C16H26N2O3.2C5H10.2Fe/c1-11(6-8-22)13-4-2-3-12(13)5-7-21-10-20-14-15(17)18-9-19-16(14)21;1-11(7-9-19)14-5-3-4-13(14)6-8-18-10-12(2)15(20)17-16(18)21;2*1-2-4-5-3-1;;/h9-13,22H,2-8H2,1H3,(H2,17,18,19);10-11,13-14,19H,3-9H2,1-2H3,(H,17,20,21);2*1-5H2;;/t11-,12?,13?;11-,13?,14?;;;;/m00..../s1. The molecule has 4 aliphatic rings. The van der Waals surface area contributed by atoms with Crippen LogP contribution in [0, 0.1) is 42.4 Å². The summed E-state index contributed by atoms with van der Waals surface area (Å²) in [6, 6.07) is 0. The van der Waals surface area contributed by atoms with Gasteiger partial charge in [-0.05, 0) is 81.0 Å². The van der Waals surface area contributed by atoms with Gasteiger partial charge in [-0.3, -0.25) is 9.78 Å². The fourth-order valence-corrected chi connectivity index (χ4v) is 9.41. The minimum absolute atomic E-state index is 0. The molecule has 55 heavy (non-hydrogen) atoms. The van der Waals surface area contributed by atoms with Gasteiger partial charge >= 0.3 is 5.69 Å². The first-order chi connectivity index (χ1) is 25.7. The average molecular weight is 850 g/mol. The molecule has 3 aromatic rings. The van der Waals surface area contributed by atoms with Gasteiger partial charge in [-0.15, -0.1) is 0 Å². The number of nitrogens with zero attached hydrogens (tertiary/aromatic N) is 5. The Bertz CT molecular complexity index is 1560. The third kappa shape index (κ3) is 15.7. The maximum Gasteiger partial charge on any atom is 0.328 e. The van der Waals surface area contributed by atoms with E-state index in [-0.39, 0.29) is 52.0 Å². The van der Waals surface area contributed by atoms with Crippen molar-refractivity contribution < 1.29 is 44.4 Å². The molecular weight excluding hydrogens is 778 g/mol. The van der Waals surface area contributed by atoms with Crippen LogP contribution in [0.3, 0.4) is 0 Å². The third-order valence-corrected chi connectivity index (χ3v) is 12.7. The summed E-state index contributed by atoms with van der Waals surface area (Å²) in [6.07, 6.45) is 31.4. The van der Waals surface area contributed by atoms with E-state index >= 15 is 0 Å². The molecule has 6 atom stereocenters. The zero-order chi connectivity index (χ0) is 38.0. The molecule has 0 aromatic carbocycles. The molecule has 0 aliphatic heterocycles. The summed E-state index contributed by atoms with van der Waals surface area (Å²) in [6.45, 7) is 8.34. The number of aryl methyl sites for hydroxylation is 3. The minimum Gasteiger partial charge on any atom is -0.396 e. The van der Waals surface area contributed by atoms with E-state index in [2.05, 4.69) is 38.4 Å².